The first-order valence-electron chi connectivity index (χ1n) is 24.0. The maximum Gasteiger partial charge on any atom is 0.330 e. The van der Waals surface area contributed by atoms with Gasteiger partial charge in [-0.25, -0.2) is 4.79 Å². The van der Waals surface area contributed by atoms with E-state index in [0.29, 0.717) is 38.5 Å². The van der Waals surface area contributed by atoms with Crippen LogP contribution in [0.15, 0.2) is 23.3 Å². The minimum Gasteiger partial charge on any atom is -0.458 e. The second-order valence-electron chi connectivity index (χ2n) is 21.0. The van der Waals surface area contributed by atoms with Gasteiger partial charge in [0.15, 0.2) is 24.7 Å². The van der Waals surface area contributed by atoms with Crippen molar-refractivity contribution in [2.24, 2.45) is 22.7 Å². The SMILES string of the molecule is CO[C@H]1C[C@@H](O[C@@H]2[C@H](C)O[C@@H](O[C@@H]3[C@H](C)O[C@@H](O[C@H]4CC[C@@]5(C)C(=CC[C@@]6(O)[C@H]5C[C@@H](OC(=O)/C=C(\C)C(C)C)[C@@]5(C)[C@]6(O)CC[C@@]5(O)C(C)=O)C4)C[C@@H]3OC)C[C@@H]2OC)O[C@@H](C)[C@H]1O. The third-order valence-electron chi connectivity index (χ3n) is 17.4. The van der Waals surface area contributed by atoms with Crippen LogP contribution in [0.2, 0.25) is 0 Å². The minimum atomic E-state index is -2.02. The van der Waals surface area contributed by atoms with Crippen LogP contribution in [0.4, 0.5) is 0 Å². The first-order chi connectivity index (χ1) is 30.5. The number of hydrogen-bond acceptors (Lipinski definition) is 16. The van der Waals surface area contributed by atoms with Crippen molar-refractivity contribution in [3.05, 3.63) is 23.3 Å². The molecule has 3 heterocycles. The number of carbonyl (C=O) groups excluding carboxylic acids is 2. The number of allylic oxidation sites excluding steroid dienone is 1. The van der Waals surface area contributed by atoms with Gasteiger partial charge in [-0.05, 0) is 97.8 Å². The van der Waals surface area contributed by atoms with Crippen LogP contribution in [0.25, 0.3) is 0 Å². The highest BCUT2D eigenvalue weighted by molar-refractivity contribution is 5.87. The van der Waals surface area contributed by atoms with Crippen LogP contribution >= 0.6 is 0 Å². The molecule has 0 amide bonds. The molecule has 0 aromatic heterocycles. The fourth-order valence-corrected chi connectivity index (χ4v) is 12.9. The summed E-state index contributed by atoms with van der Waals surface area (Å²) in [5.41, 5.74) is -6.04. The number of carbonyl (C=O) groups is 2. The summed E-state index contributed by atoms with van der Waals surface area (Å²) >= 11 is 0. The molecule has 0 unspecified atom stereocenters. The molecule has 0 bridgehead atoms. The third kappa shape index (κ3) is 8.75. The fourth-order valence-electron chi connectivity index (χ4n) is 12.9. The van der Waals surface area contributed by atoms with Crippen LogP contribution in [0.1, 0.15) is 127 Å². The lowest BCUT2D eigenvalue weighted by molar-refractivity contribution is -0.338. The summed E-state index contributed by atoms with van der Waals surface area (Å²) in [6.45, 7) is 16.4. The molecule has 4 N–H and O–H groups in total. The Morgan fingerprint density at radius 1 is 0.769 bits per heavy atom. The minimum absolute atomic E-state index is 0.0276. The molecule has 65 heavy (non-hydrogen) atoms. The number of methoxy groups -OCH3 is 3. The van der Waals surface area contributed by atoms with Gasteiger partial charge in [0, 0.05) is 52.6 Å². The maximum absolute atomic E-state index is 13.5. The monoisotopic (exact) mass is 923 g/mol. The summed E-state index contributed by atoms with van der Waals surface area (Å²) in [5.74, 6) is -1.59. The zero-order chi connectivity index (χ0) is 47.6. The van der Waals surface area contributed by atoms with Gasteiger partial charge in [-0.3, -0.25) is 4.79 Å². The van der Waals surface area contributed by atoms with Gasteiger partial charge in [0.2, 0.25) is 0 Å². The second-order valence-corrected chi connectivity index (χ2v) is 21.0. The average molecular weight is 923 g/mol. The Morgan fingerprint density at radius 2 is 1.31 bits per heavy atom. The Labute approximate surface area is 384 Å². The second kappa shape index (κ2) is 19.1. The summed E-state index contributed by atoms with van der Waals surface area (Å²) in [4.78, 5) is 26.8. The molecule has 16 nitrogen and oxygen atoms in total. The molecular weight excluding hydrogens is 845 g/mol. The predicted molar refractivity (Wildman–Crippen MR) is 234 cm³/mol. The van der Waals surface area contributed by atoms with Crippen molar-refractivity contribution in [3.8, 4) is 0 Å². The van der Waals surface area contributed by atoms with Gasteiger partial charge < -0.3 is 67.8 Å². The number of esters is 1. The van der Waals surface area contributed by atoms with Crippen molar-refractivity contribution < 1.29 is 77.4 Å². The van der Waals surface area contributed by atoms with Crippen molar-refractivity contribution in [1.82, 2.24) is 0 Å². The lowest BCUT2D eigenvalue weighted by atomic mass is 9.42. The van der Waals surface area contributed by atoms with E-state index in [4.69, 9.17) is 47.4 Å². The molecule has 7 rings (SSSR count). The van der Waals surface area contributed by atoms with E-state index < -0.39 is 113 Å². The topological polar surface area (TPSA) is 207 Å². The molecule has 20 atom stereocenters. The number of Topliss-reactive ketones (excluding diaryl/α,β-unsaturated/α-hetero) is 1. The Bertz CT molecular complexity index is 1790. The fraction of sp³-hybridized carbons (Fsp3) is 0.878. The molecule has 3 saturated heterocycles. The highest BCUT2D eigenvalue weighted by Gasteiger charge is 2.81. The molecule has 370 valence electrons. The number of aliphatic hydroxyl groups is 4. The van der Waals surface area contributed by atoms with Crippen LogP contribution in [-0.2, 0) is 57.0 Å². The molecular formula is C49H78O16. The van der Waals surface area contributed by atoms with Crippen molar-refractivity contribution >= 4 is 11.8 Å². The van der Waals surface area contributed by atoms with E-state index >= 15 is 0 Å². The van der Waals surface area contributed by atoms with Crippen molar-refractivity contribution in [3.63, 3.8) is 0 Å². The Kier molecular flexibility index (Phi) is 15.0. The molecule has 3 aliphatic heterocycles. The molecule has 3 saturated carbocycles. The largest absolute Gasteiger partial charge is 0.458 e. The molecule has 0 spiro atoms. The molecule has 0 radical (unpaired) electrons. The summed E-state index contributed by atoms with van der Waals surface area (Å²) < 4.78 is 62.1. The zero-order valence-electron chi connectivity index (χ0n) is 40.7. The van der Waals surface area contributed by atoms with Crippen LogP contribution in [0.5, 0.6) is 0 Å². The standard InChI is InChI=1S/C49H78O16/c1-25(2)26(3)19-38(51)63-37-24-36-45(8)15-14-32(20-31(45)13-16-48(36,54)49(55)18-17-47(53,30(7)50)46(37,49)9)62-39-22-34(57-11)43(28(5)60-39)65-41-23-35(58-12)44(29(6)61-41)64-40-21-33(56-10)42(52)27(4)59-40/h13,19,25,27-29,32-37,39-44,52-55H,14-18,20-24H2,1-12H3/b26-19+/t27-,28-,29-,32-,33-,34-,35-,36-,37+,39-,40+,41-,42+,43+,44+,45-,46+,47+,48+,49+/m0/s1. The first-order valence-corrected chi connectivity index (χ1v) is 24.0. The van der Waals surface area contributed by atoms with Crippen LogP contribution in [-0.4, -0.2) is 156 Å². The van der Waals surface area contributed by atoms with E-state index in [1.807, 2.05) is 40.7 Å². The molecule has 4 aliphatic carbocycles. The quantitative estimate of drug-likeness (QED) is 0.113. The van der Waals surface area contributed by atoms with Crippen molar-refractivity contribution in [2.75, 3.05) is 21.3 Å². The number of ketones is 1. The van der Waals surface area contributed by atoms with Crippen molar-refractivity contribution in [1.29, 1.82) is 0 Å². The summed E-state index contributed by atoms with van der Waals surface area (Å²) in [6, 6.07) is 0. The van der Waals surface area contributed by atoms with Crippen LogP contribution in [0.3, 0.4) is 0 Å². The number of fused-ring (bicyclic) bond motifs is 5. The predicted octanol–water partition coefficient (Wildman–Crippen LogP) is 4.59. The van der Waals surface area contributed by atoms with Crippen molar-refractivity contribution in [2.45, 2.75) is 229 Å². The lowest BCUT2D eigenvalue weighted by Crippen LogP contribution is -2.78. The van der Waals surface area contributed by atoms with E-state index in [-0.39, 0.29) is 49.9 Å². The summed E-state index contributed by atoms with van der Waals surface area (Å²) in [6.07, 6.45) is -0.620. The first kappa shape index (κ1) is 51.0. The lowest BCUT2D eigenvalue weighted by Gasteiger charge is -2.67. The van der Waals surface area contributed by atoms with Gasteiger partial charge in [0.25, 0.3) is 0 Å². The average Bonchev–Trinajstić information content (AvgIpc) is 3.48. The maximum atomic E-state index is 13.5. The van der Waals surface area contributed by atoms with Gasteiger partial charge in [-0.2, -0.15) is 0 Å². The normalized spacial score (nSPS) is 49.1. The Morgan fingerprint density at radius 3 is 1.85 bits per heavy atom. The third-order valence-corrected chi connectivity index (χ3v) is 17.4. The zero-order valence-corrected chi connectivity index (χ0v) is 40.7. The molecule has 0 aromatic rings. The van der Waals surface area contributed by atoms with Gasteiger partial charge >= 0.3 is 5.97 Å². The number of hydrogen-bond donors (Lipinski definition) is 4. The number of ether oxygens (including phenoxy) is 10. The highest BCUT2D eigenvalue weighted by Crippen LogP contribution is 2.71. The molecule has 0 aromatic carbocycles. The van der Waals surface area contributed by atoms with Gasteiger partial charge in [0.05, 0.1) is 48.1 Å². The Balaban J connectivity index is 1.01. The van der Waals surface area contributed by atoms with E-state index in [9.17, 15) is 30.0 Å². The van der Waals surface area contributed by atoms with Gasteiger partial charge in [-0.1, -0.05) is 38.0 Å². The van der Waals surface area contributed by atoms with E-state index in [2.05, 4.69) is 6.92 Å². The molecule has 6 fully saturated rings. The molecule has 16 heteroatoms. The number of aliphatic hydroxyl groups excluding tert-OH is 1. The summed E-state index contributed by atoms with van der Waals surface area (Å²) in [7, 11) is 4.84. The van der Waals surface area contributed by atoms with E-state index in [1.54, 1.807) is 35.2 Å². The highest BCUT2D eigenvalue weighted by atomic mass is 16.7. The van der Waals surface area contributed by atoms with Crippen LogP contribution < -0.4 is 0 Å². The molecule has 7 aliphatic rings. The van der Waals surface area contributed by atoms with Gasteiger partial charge in [0.1, 0.15) is 41.2 Å². The summed E-state index contributed by atoms with van der Waals surface area (Å²) in [5, 5.41) is 48.3. The Hall–Kier alpha value is -1.90. The van der Waals surface area contributed by atoms with Gasteiger partial charge in [-0.15, -0.1) is 0 Å². The van der Waals surface area contributed by atoms with E-state index in [1.165, 1.54) is 13.0 Å². The van der Waals surface area contributed by atoms with E-state index in [0.717, 1.165) is 11.1 Å². The smallest absolute Gasteiger partial charge is 0.330 e. The number of rotatable bonds is 13. The van der Waals surface area contributed by atoms with Crippen LogP contribution in [0, 0.1) is 22.7 Å².